The van der Waals surface area contributed by atoms with Crippen LogP contribution in [0.1, 0.15) is 27.9 Å². The second-order valence-electron chi connectivity index (χ2n) is 4.05. The fourth-order valence-corrected chi connectivity index (χ4v) is 1.90. The fourth-order valence-electron chi connectivity index (χ4n) is 1.90. The van der Waals surface area contributed by atoms with E-state index in [0.29, 0.717) is 18.5 Å². The molecule has 0 spiro atoms. The molecule has 2 rings (SSSR count). The van der Waals surface area contributed by atoms with Gasteiger partial charge < -0.3 is 10.0 Å². The normalized spacial score (nSPS) is 14.1. The van der Waals surface area contributed by atoms with E-state index < -0.39 is 5.97 Å². The Morgan fingerprint density at radius 3 is 2.94 bits per heavy atom. The third-order valence-electron chi connectivity index (χ3n) is 2.79. The number of benzene rings is 1. The van der Waals surface area contributed by atoms with Crippen molar-refractivity contribution in [1.82, 2.24) is 4.90 Å². The van der Waals surface area contributed by atoms with Crippen LogP contribution in [-0.4, -0.2) is 28.9 Å². The number of carbonyl (C=O) groups excluding carboxylic acids is 1. The summed E-state index contributed by atoms with van der Waals surface area (Å²) in [6.45, 7) is 0.646. The molecule has 1 amide bonds. The molecule has 1 N–H and O–H groups in total. The molecule has 0 aromatic heterocycles. The lowest BCUT2D eigenvalue weighted by Gasteiger charge is -2.04. The van der Waals surface area contributed by atoms with Gasteiger partial charge in [0.15, 0.2) is 0 Å². The van der Waals surface area contributed by atoms with E-state index in [1.54, 1.807) is 11.9 Å². The van der Waals surface area contributed by atoms with Gasteiger partial charge in [-0.3, -0.25) is 9.59 Å². The zero-order chi connectivity index (χ0) is 11.7. The first-order chi connectivity index (χ1) is 7.58. The number of carboxylic acids is 1. The standard InChI is InChI=1S/C12H13NO3/c1-13-7-9-4-2-8(3-5-11(14)15)6-10(9)12(13)16/h2,4,6H,3,5,7H2,1H3,(H,14,15). The quantitative estimate of drug-likeness (QED) is 0.833. The van der Waals surface area contributed by atoms with Gasteiger partial charge in [0.1, 0.15) is 0 Å². The van der Waals surface area contributed by atoms with Crippen LogP contribution in [0.5, 0.6) is 0 Å². The van der Waals surface area contributed by atoms with Crippen LogP contribution < -0.4 is 0 Å². The number of aliphatic carboxylic acids is 1. The van der Waals surface area contributed by atoms with Gasteiger partial charge in [0.2, 0.25) is 0 Å². The summed E-state index contributed by atoms with van der Waals surface area (Å²) >= 11 is 0. The van der Waals surface area contributed by atoms with Gasteiger partial charge in [-0.2, -0.15) is 0 Å². The molecule has 0 radical (unpaired) electrons. The minimum Gasteiger partial charge on any atom is -0.481 e. The van der Waals surface area contributed by atoms with Crippen LogP contribution in [-0.2, 0) is 17.8 Å². The number of hydrogen-bond acceptors (Lipinski definition) is 2. The van der Waals surface area contributed by atoms with Gasteiger partial charge in [0, 0.05) is 25.6 Å². The zero-order valence-electron chi connectivity index (χ0n) is 9.06. The Morgan fingerprint density at radius 2 is 2.25 bits per heavy atom. The van der Waals surface area contributed by atoms with Crippen molar-refractivity contribution in [3.8, 4) is 0 Å². The van der Waals surface area contributed by atoms with Gasteiger partial charge >= 0.3 is 5.97 Å². The molecule has 4 nitrogen and oxygen atoms in total. The Hall–Kier alpha value is -1.84. The summed E-state index contributed by atoms with van der Waals surface area (Å²) in [5, 5.41) is 8.59. The molecular formula is C12H13NO3. The summed E-state index contributed by atoms with van der Waals surface area (Å²) < 4.78 is 0. The number of nitrogens with zero attached hydrogens (tertiary/aromatic N) is 1. The highest BCUT2D eigenvalue weighted by atomic mass is 16.4. The first-order valence-electron chi connectivity index (χ1n) is 5.17. The molecule has 84 valence electrons. The number of amides is 1. The van der Waals surface area contributed by atoms with Gasteiger partial charge in [-0.1, -0.05) is 12.1 Å². The van der Waals surface area contributed by atoms with E-state index >= 15 is 0 Å². The van der Waals surface area contributed by atoms with E-state index in [2.05, 4.69) is 0 Å². The van der Waals surface area contributed by atoms with Crippen molar-refractivity contribution in [3.05, 3.63) is 34.9 Å². The van der Waals surface area contributed by atoms with E-state index in [9.17, 15) is 9.59 Å². The molecule has 1 aromatic carbocycles. The number of aryl methyl sites for hydroxylation is 1. The lowest BCUT2D eigenvalue weighted by molar-refractivity contribution is -0.136. The highest BCUT2D eigenvalue weighted by Gasteiger charge is 2.24. The van der Waals surface area contributed by atoms with E-state index in [1.807, 2.05) is 18.2 Å². The van der Waals surface area contributed by atoms with Crippen LogP contribution in [0.3, 0.4) is 0 Å². The molecule has 0 unspecified atom stereocenters. The van der Waals surface area contributed by atoms with Crippen molar-refractivity contribution in [3.63, 3.8) is 0 Å². The lowest BCUT2D eigenvalue weighted by Crippen LogP contribution is -2.17. The minimum atomic E-state index is -0.816. The third-order valence-corrected chi connectivity index (χ3v) is 2.79. The third kappa shape index (κ3) is 1.91. The summed E-state index contributed by atoms with van der Waals surface area (Å²) in [7, 11) is 1.76. The summed E-state index contributed by atoms with van der Waals surface area (Å²) in [6.07, 6.45) is 0.572. The predicted octanol–water partition coefficient (Wildman–Crippen LogP) is 1.29. The Kier molecular flexibility index (Phi) is 2.64. The average molecular weight is 219 g/mol. The molecule has 0 bridgehead atoms. The van der Waals surface area contributed by atoms with Gasteiger partial charge in [0.05, 0.1) is 0 Å². The first kappa shape index (κ1) is 10.7. The van der Waals surface area contributed by atoms with E-state index in [4.69, 9.17) is 5.11 Å². The van der Waals surface area contributed by atoms with E-state index in [-0.39, 0.29) is 12.3 Å². The average Bonchev–Trinajstić information content (AvgIpc) is 2.52. The van der Waals surface area contributed by atoms with Gasteiger partial charge in [-0.05, 0) is 23.6 Å². The molecular weight excluding hydrogens is 206 g/mol. The van der Waals surface area contributed by atoms with Crippen molar-refractivity contribution in [2.24, 2.45) is 0 Å². The zero-order valence-corrected chi connectivity index (χ0v) is 9.06. The van der Waals surface area contributed by atoms with Gasteiger partial charge in [0.25, 0.3) is 5.91 Å². The van der Waals surface area contributed by atoms with Crippen molar-refractivity contribution in [2.75, 3.05) is 7.05 Å². The molecule has 1 heterocycles. The van der Waals surface area contributed by atoms with Crippen LogP contribution in [0.25, 0.3) is 0 Å². The second-order valence-corrected chi connectivity index (χ2v) is 4.05. The smallest absolute Gasteiger partial charge is 0.303 e. The molecule has 0 aliphatic carbocycles. The van der Waals surface area contributed by atoms with Crippen LogP contribution in [0.4, 0.5) is 0 Å². The number of hydrogen-bond donors (Lipinski definition) is 1. The molecule has 0 fully saturated rings. The molecule has 1 aromatic rings. The molecule has 0 saturated heterocycles. The van der Waals surface area contributed by atoms with Crippen molar-refractivity contribution < 1.29 is 14.7 Å². The molecule has 0 saturated carbocycles. The topological polar surface area (TPSA) is 57.6 Å². The number of fused-ring (bicyclic) bond motifs is 1. The van der Waals surface area contributed by atoms with E-state index in [0.717, 1.165) is 11.1 Å². The molecule has 16 heavy (non-hydrogen) atoms. The fraction of sp³-hybridized carbons (Fsp3) is 0.333. The highest BCUT2D eigenvalue weighted by molar-refractivity contribution is 5.98. The summed E-state index contributed by atoms with van der Waals surface area (Å²) in [5.74, 6) is -0.795. The van der Waals surface area contributed by atoms with Crippen molar-refractivity contribution >= 4 is 11.9 Å². The summed E-state index contributed by atoms with van der Waals surface area (Å²) in [4.78, 5) is 23.8. The largest absolute Gasteiger partial charge is 0.481 e. The first-order valence-corrected chi connectivity index (χ1v) is 5.17. The monoisotopic (exact) mass is 219 g/mol. The maximum absolute atomic E-state index is 11.7. The van der Waals surface area contributed by atoms with Crippen LogP contribution in [0.15, 0.2) is 18.2 Å². The Morgan fingerprint density at radius 1 is 1.50 bits per heavy atom. The van der Waals surface area contributed by atoms with Crippen LogP contribution in [0.2, 0.25) is 0 Å². The van der Waals surface area contributed by atoms with E-state index in [1.165, 1.54) is 0 Å². The minimum absolute atomic E-state index is 0.0205. The maximum atomic E-state index is 11.7. The van der Waals surface area contributed by atoms with Crippen LogP contribution >= 0.6 is 0 Å². The van der Waals surface area contributed by atoms with Gasteiger partial charge in [-0.15, -0.1) is 0 Å². The number of carboxylic acid groups (broad SMARTS) is 1. The van der Waals surface area contributed by atoms with Crippen molar-refractivity contribution in [1.29, 1.82) is 0 Å². The molecule has 1 aliphatic rings. The van der Waals surface area contributed by atoms with Gasteiger partial charge in [-0.25, -0.2) is 0 Å². The van der Waals surface area contributed by atoms with Crippen molar-refractivity contribution in [2.45, 2.75) is 19.4 Å². The predicted molar refractivity (Wildman–Crippen MR) is 58.2 cm³/mol. The highest BCUT2D eigenvalue weighted by Crippen LogP contribution is 2.22. The van der Waals surface area contributed by atoms with Crippen LogP contribution in [0, 0.1) is 0 Å². The second kappa shape index (κ2) is 3.96. The lowest BCUT2D eigenvalue weighted by atomic mass is 10.0. The number of rotatable bonds is 3. The molecule has 4 heteroatoms. The summed E-state index contributed by atoms with van der Waals surface area (Å²) in [5.41, 5.74) is 2.64. The summed E-state index contributed by atoms with van der Waals surface area (Å²) in [6, 6.07) is 5.62. The Bertz CT molecular complexity index is 454. The Balaban J connectivity index is 2.20. The maximum Gasteiger partial charge on any atom is 0.303 e. The number of carbonyl (C=O) groups is 2. The SMILES string of the molecule is CN1Cc2ccc(CCC(=O)O)cc2C1=O. The Labute approximate surface area is 93.5 Å². The molecule has 0 atom stereocenters. The molecule has 1 aliphatic heterocycles.